The van der Waals surface area contributed by atoms with E-state index in [0.29, 0.717) is 25.7 Å². The van der Waals surface area contributed by atoms with E-state index in [1.165, 1.54) is 186 Å². The molecule has 0 aromatic carbocycles. The van der Waals surface area contributed by atoms with Crippen LogP contribution in [0.25, 0.3) is 0 Å². The molecule has 0 bridgehead atoms. The molecule has 0 aromatic rings. The van der Waals surface area contributed by atoms with Gasteiger partial charge in [0.2, 0.25) is 0 Å². The maximum atomic E-state index is 13.0. The number of hydrogen-bond acceptors (Lipinski definition) is 15. The lowest BCUT2D eigenvalue weighted by atomic mass is 10.0. The molecule has 0 rings (SSSR count). The molecule has 2 unspecified atom stereocenters. The summed E-state index contributed by atoms with van der Waals surface area (Å²) in [4.78, 5) is 71.9. The van der Waals surface area contributed by atoms with Crippen molar-refractivity contribution in [1.82, 2.24) is 0 Å². The number of esters is 4. The van der Waals surface area contributed by atoms with Gasteiger partial charge in [0.1, 0.15) is 19.3 Å². The zero-order chi connectivity index (χ0) is 64.7. The number of phosphoric acid groups is 2. The van der Waals surface area contributed by atoms with Crippen molar-refractivity contribution in [1.29, 1.82) is 0 Å². The van der Waals surface area contributed by atoms with E-state index in [2.05, 4.69) is 27.7 Å². The topological polar surface area (TPSA) is 237 Å². The molecule has 0 aliphatic heterocycles. The van der Waals surface area contributed by atoms with Crippen molar-refractivity contribution in [3.63, 3.8) is 0 Å². The summed E-state index contributed by atoms with van der Waals surface area (Å²) in [5.41, 5.74) is 0. The number of phosphoric ester groups is 2. The van der Waals surface area contributed by atoms with Gasteiger partial charge in [0.15, 0.2) is 12.2 Å². The van der Waals surface area contributed by atoms with Crippen LogP contribution in [0, 0.1) is 0 Å². The van der Waals surface area contributed by atoms with Crippen LogP contribution < -0.4 is 0 Å². The Hall–Kier alpha value is -1.94. The van der Waals surface area contributed by atoms with E-state index in [9.17, 15) is 43.2 Å². The third kappa shape index (κ3) is 62.8. The van der Waals surface area contributed by atoms with E-state index in [0.717, 1.165) is 96.3 Å². The van der Waals surface area contributed by atoms with E-state index in [1.54, 1.807) is 0 Å². The highest BCUT2D eigenvalue weighted by molar-refractivity contribution is 7.47. The predicted molar refractivity (Wildman–Crippen MR) is 354 cm³/mol. The number of rotatable bonds is 70. The molecule has 3 N–H and O–H groups in total. The summed E-state index contributed by atoms with van der Waals surface area (Å²) in [5.74, 6) is -2.15. The van der Waals surface area contributed by atoms with Gasteiger partial charge in [-0.1, -0.05) is 310 Å². The second-order valence-electron chi connectivity index (χ2n) is 24.9. The summed E-state index contributed by atoms with van der Waals surface area (Å²) in [7, 11) is -9.87. The van der Waals surface area contributed by atoms with Crippen molar-refractivity contribution in [2.45, 2.75) is 380 Å². The van der Waals surface area contributed by atoms with E-state index in [4.69, 9.17) is 37.0 Å². The van der Waals surface area contributed by atoms with Gasteiger partial charge in [-0.25, -0.2) is 9.13 Å². The Bertz CT molecular complexity index is 1690. The number of aliphatic hydroxyl groups is 1. The summed E-state index contributed by atoms with van der Waals surface area (Å²) >= 11 is 0. The Labute approximate surface area is 537 Å². The molecule has 0 spiro atoms. The molecule has 17 nitrogen and oxygen atoms in total. The molecule has 5 atom stereocenters. The van der Waals surface area contributed by atoms with Gasteiger partial charge in [-0.15, -0.1) is 0 Å². The molecule has 0 saturated carbocycles. The monoisotopic (exact) mass is 1300 g/mol. The quantitative estimate of drug-likeness (QED) is 0.0222. The fourth-order valence-electron chi connectivity index (χ4n) is 10.5. The van der Waals surface area contributed by atoms with Crippen LogP contribution in [-0.2, 0) is 65.4 Å². The van der Waals surface area contributed by atoms with Crippen molar-refractivity contribution in [3.05, 3.63) is 0 Å². The third-order valence-electron chi connectivity index (χ3n) is 16.1. The number of hydrogen-bond donors (Lipinski definition) is 3. The minimum absolute atomic E-state index is 0.0993. The van der Waals surface area contributed by atoms with Crippen molar-refractivity contribution in [3.8, 4) is 0 Å². The molecule has 0 fully saturated rings. The van der Waals surface area contributed by atoms with Gasteiger partial charge in [-0.05, 0) is 25.7 Å². The molecule has 0 aliphatic rings. The van der Waals surface area contributed by atoms with Crippen LogP contribution >= 0.6 is 15.6 Å². The highest BCUT2D eigenvalue weighted by Crippen LogP contribution is 2.45. The lowest BCUT2D eigenvalue weighted by Crippen LogP contribution is -2.30. The van der Waals surface area contributed by atoms with E-state index >= 15 is 0 Å². The zero-order valence-corrected chi connectivity index (χ0v) is 58.5. The van der Waals surface area contributed by atoms with Gasteiger partial charge < -0.3 is 33.8 Å². The summed E-state index contributed by atoms with van der Waals surface area (Å²) < 4.78 is 67.7. The standard InChI is InChI=1S/C69H134O17P2/c1-5-9-13-17-19-21-23-25-27-29-31-32-34-36-38-40-42-44-48-52-56-69(74)86-65(60-80-67(72)54-50-47-43-41-39-37-35-33-30-28-26-24-22-20-18-14-10-6-2)62-84-88(77,78)82-58-63(70)57-81-87(75,76)83-61-64(85-68(73)55-51-46-16-12-8-4)59-79-66(71)53-49-45-15-11-7-3/h63-65,70H,5-62H2,1-4H3,(H,75,76)(H,77,78)/t63-,64+,65+/m0/s1. The number of carbonyl (C=O) groups is 4. The van der Waals surface area contributed by atoms with Gasteiger partial charge >= 0.3 is 39.5 Å². The first-order chi connectivity index (χ1) is 42.7. The fourth-order valence-corrected chi connectivity index (χ4v) is 12.1. The van der Waals surface area contributed by atoms with E-state index < -0.39 is 97.5 Å². The molecule has 0 saturated heterocycles. The molecule has 0 heterocycles. The van der Waals surface area contributed by atoms with Crippen LogP contribution in [0.3, 0.4) is 0 Å². The highest BCUT2D eigenvalue weighted by Gasteiger charge is 2.30. The van der Waals surface area contributed by atoms with Gasteiger partial charge in [-0.3, -0.25) is 37.3 Å². The van der Waals surface area contributed by atoms with Crippen molar-refractivity contribution in [2.75, 3.05) is 39.6 Å². The Morgan fingerprint density at radius 1 is 0.273 bits per heavy atom. The van der Waals surface area contributed by atoms with E-state index in [-0.39, 0.29) is 25.7 Å². The molecule has 522 valence electrons. The number of carbonyl (C=O) groups excluding carboxylic acids is 4. The molecule has 88 heavy (non-hydrogen) atoms. The molecular formula is C69H134O17P2. The van der Waals surface area contributed by atoms with Gasteiger partial charge in [0.05, 0.1) is 26.4 Å². The summed E-state index contributed by atoms with van der Waals surface area (Å²) in [5, 5.41) is 10.5. The first-order valence-corrected chi connectivity index (χ1v) is 39.3. The average Bonchev–Trinajstić information content (AvgIpc) is 3.54. The lowest BCUT2D eigenvalue weighted by Gasteiger charge is -2.21. The second-order valence-corrected chi connectivity index (χ2v) is 27.8. The first-order valence-electron chi connectivity index (χ1n) is 36.3. The number of ether oxygens (including phenoxy) is 4. The van der Waals surface area contributed by atoms with Gasteiger partial charge in [0.25, 0.3) is 0 Å². The third-order valence-corrected chi connectivity index (χ3v) is 18.0. The van der Waals surface area contributed by atoms with Gasteiger partial charge in [-0.2, -0.15) is 0 Å². The molecule has 19 heteroatoms. The van der Waals surface area contributed by atoms with Crippen LogP contribution in [0.5, 0.6) is 0 Å². The minimum Gasteiger partial charge on any atom is -0.462 e. The second kappa shape index (κ2) is 63.8. The van der Waals surface area contributed by atoms with Crippen LogP contribution in [0.4, 0.5) is 0 Å². The first kappa shape index (κ1) is 86.1. The largest absolute Gasteiger partial charge is 0.472 e. The zero-order valence-electron chi connectivity index (χ0n) is 56.7. The molecule has 0 aromatic heterocycles. The van der Waals surface area contributed by atoms with Crippen molar-refractivity contribution < 1.29 is 80.2 Å². The highest BCUT2D eigenvalue weighted by atomic mass is 31.2. The molecule has 0 amide bonds. The summed E-state index contributed by atoms with van der Waals surface area (Å²) in [6.45, 7) is 4.74. The normalized spacial score (nSPS) is 14.0. The number of unbranched alkanes of at least 4 members (excludes halogenated alkanes) is 44. The lowest BCUT2D eigenvalue weighted by molar-refractivity contribution is -0.161. The van der Waals surface area contributed by atoms with Crippen LogP contribution in [0.2, 0.25) is 0 Å². The van der Waals surface area contributed by atoms with E-state index in [1.807, 2.05) is 0 Å². The van der Waals surface area contributed by atoms with Crippen molar-refractivity contribution >= 4 is 39.5 Å². The van der Waals surface area contributed by atoms with Gasteiger partial charge in [0, 0.05) is 25.7 Å². The molecule has 0 radical (unpaired) electrons. The smallest absolute Gasteiger partial charge is 0.462 e. The maximum Gasteiger partial charge on any atom is 0.472 e. The van der Waals surface area contributed by atoms with Crippen molar-refractivity contribution in [2.24, 2.45) is 0 Å². The van der Waals surface area contributed by atoms with Crippen LogP contribution in [0.15, 0.2) is 0 Å². The minimum atomic E-state index is -4.95. The molecular weight excluding hydrogens is 1160 g/mol. The summed E-state index contributed by atoms with van der Waals surface area (Å²) in [6.07, 6.45) is 52.4. The maximum absolute atomic E-state index is 13.0. The Balaban J connectivity index is 5.04. The Kier molecular flexibility index (Phi) is 62.4. The Morgan fingerprint density at radius 2 is 0.455 bits per heavy atom. The summed E-state index contributed by atoms with van der Waals surface area (Å²) in [6, 6.07) is 0. The SMILES string of the molecule is CCCCCCCCCCCCCCCCCCCCCCC(=O)O[C@H](COC(=O)CCCCCCCCCCCCCCCCCCCC)COP(=O)(O)OC[C@@H](O)COP(=O)(O)OC[C@@H](COC(=O)CCCCCCC)OC(=O)CCCCCCC. The van der Waals surface area contributed by atoms with Crippen LogP contribution in [0.1, 0.15) is 362 Å². The molecule has 0 aliphatic carbocycles. The Morgan fingerprint density at radius 3 is 0.670 bits per heavy atom. The fraction of sp³-hybridized carbons (Fsp3) is 0.942. The number of aliphatic hydroxyl groups excluding tert-OH is 1. The van der Waals surface area contributed by atoms with Crippen LogP contribution in [-0.4, -0.2) is 96.7 Å². The predicted octanol–water partition coefficient (Wildman–Crippen LogP) is 19.9. The average molecular weight is 1300 g/mol.